The molecule has 3 N–H and O–H groups in total. The van der Waals surface area contributed by atoms with Crippen LogP contribution < -0.4 is 15.8 Å². The molecule has 0 unspecified atom stereocenters. The number of carbonyl (C=O) groups is 1. The SMILES string of the molecule is CC(=O)Nc1cc(N)c(OCC(F)F)cn1.Cl. The van der Waals surface area contributed by atoms with Crippen LogP contribution in [0.5, 0.6) is 5.75 Å². The fraction of sp³-hybridized carbons (Fsp3) is 0.333. The number of anilines is 2. The van der Waals surface area contributed by atoms with Gasteiger partial charge in [0.15, 0.2) is 5.75 Å². The molecule has 0 aliphatic heterocycles. The van der Waals surface area contributed by atoms with Gasteiger partial charge in [0.25, 0.3) is 6.43 Å². The molecule has 0 saturated heterocycles. The topological polar surface area (TPSA) is 77.2 Å². The third-order valence-corrected chi connectivity index (χ3v) is 1.57. The van der Waals surface area contributed by atoms with Crippen molar-refractivity contribution in [2.24, 2.45) is 0 Å². The van der Waals surface area contributed by atoms with Crippen LogP contribution in [0.4, 0.5) is 20.3 Å². The molecule has 0 atom stereocenters. The molecule has 0 saturated carbocycles. The van der Waals surface area contributed by atoms with E-state index >= 15 is 0 Å². The van der Waals surface area contributed by atoms with Gasteiger partial charge < -0.3 is 15.8 Å². The van der Waals surface area contributed by atoms with Crippen molar-refractivity contribution in [1.29, 1.82) is 0 Å². The van der Waals surface area contributed by atoms with Gasteiger partial charge in [0, 0.05) is 13.0 Å². The van der Waals surface area contributed by atoms with Crippen LogP contribution in [0.1, 0.15) is 6.92 Å². The van der Waals surface area contributed by atoms with Crippen LogP contribution in [0.25, 0.3) is 0 Å². The van der Waals surface area contributed by atoms with E-state index in [4.69, 9.17) is 10.5 Å². The number of pyridine rings is 1. The van der Waals surface area contributed by atoms with Gasteiger partial charge in [-0.05, 0) is 0 Å². The Kier molecular flexibility index (Phi) is 6.19. The Bertz CT molecular complexity index is 391. The van der Waals surface area contributed by atoms with Crippen molar-refractivity contribution in [2.45, 2.75) is 13.3 Å². The number of nitrogens with zero attached hydrogens (tertiary/aromatic N) is 1. The monoisotopic (exact) mass is 267 g/mol. The maximum Gasteiger partial charge on any atom is 0.272 e. The van der Waals surface area contributed by atoms with Crippen molar-refractivity contribution in [3.63, 3.8) is 0 Å². The van der Waals surface area contributed by atoms with Crippen LogP contribution >= 0.6 is 12.4 Å². The molecule has 0 radical (unpaired) electrons. The second-order valence-electron chi connectivity index (χ2n) is 2.99. The van der Waals surface area contributed by atoms with E-state index in [2.05, 4.69) is 10.3 Å². The van der Waals surface area contributed by atoms with E-state index < -0.39 is 13.0 Å². The molecule has 5 nitrogen and oxygen atoms in total. The highest BCUT2D eigenvalue weighted by Gasteiger charge is 2.08. The Morgan fingerprint density at radius 3 is 2.76 bits per heavy atom. The number of hydrogen-bond donors (Lipinski definition) is 2. The molecule has 0 aliphatic carbocycles. The van der Waals surface area contributed by atoms with Gasteiger partial charge in [-0.2, -0.15) is 0 Å². The third-order valence-electron chi connectivity index (χ3n) is 1.57. The smallest absolute Gasteiger partial charge is 0.272 e. The van der Waals surface area contributed by atoms with E-state index in [9.17, 15) is 13.6 Å². The number of alkyl halides is 2. The quantitative estimate of drug-likeness (QED) is 0.870. The molecule has 96 valence electrons. The Hall–Kier alpha value is -1.63. The minimum atomic E-state index is -2.57. The van der Waals surface area contributed by atoms with Crippen LogP contribution in [-0.2, 0) is 4.79 Å². The zero-order valence-electron chi connectivity index (χ0n) is 8.94. The van der Waals surface area contributed by atoms with Crippen LogP contribution in [0, 0.1) is 0 Å². The van der Waals surface area contributed by atoms with Gasteiger partial charge in [0.2, 0.25) is 5.91 Å². The van der Waals surface area contributed by atoms with Gasteiger partial charge in [-0.1, -0.05) is 0 Å². The summed E-state index contributed by atoms with van der Waals surface area (Å²) in [6.45, 7) is 0.574. The number of carbonyl (C=O) groups excluding carboxylic acids is 1. The Morgan fingerprint density at radius 2 is 2.29 bits per heavy atom. The Balaban J connectivity index is 0.00000256. The first-order chi connectivity index (χ1) is 7.49. The predicted molar refractivity (Wildman–Crippen MR) is 61.7 cm³/mol. The van der Waals surface area contributed by atoms with E-state index in [0.29, 0.717) is 0 Å². The first-order valence-corrected chi connectivity index (χ1v) is 4.43. The van der Waals surface area contributed by atoms with Crippen LogP contribution in [0.3, 0.4) is 0 Å². The summed E-state index contributed by atoms with van der Waals surface area (Å²) in [5, 5.41) is 2.40. The van der Waals surface area contributed by atoms with E-state index in [1.807, 2.05) is 0 Å². The Morgan fingerprint density at radius 1 is 1.65 bits per heavy atom. The highest BCUT2D eigenvalue weighted by molar-refractivity contribution is 5.88. The van der Waals surface area contributed by atoms with Crippen molar-refractivity contribution >= 4 is 29.8 Å². The predicted octanol–water partition coefficient (Wildman–Crippen LogP) is 1.69. The molecule has 0 bridgehead atoms. The standard InChI is InChI=1S/C9H11F2N3O2.ClH/c1-5(15)14-9-2-6(12)7(3-13-9)16-4-8(10)11;/h2-3,8H,4H2,1H3,(H3,12,13,14,15);1H. The van der Waals surface area contributed by atoms with Gasteiger partial charge in [0.05, 0.1) is 11.9 Å². The number of aromatic nitrogens is 1. The lowest BCUT2D eigenvalue weighted by Gasteiger charge is -2.09. The fourth-order valence-corrected chi connectivity index (χ4v) is 0.980. The highest BCUT2D eigenvalue weighted by Crippen LogP contribution is 2.22. The lowest BCUT2D eigenvalue weighted by Crippen LogP contribution is -2.10. The van der Waals surface area contributed by atoms with E-state index in [-0.39, 0.29) is 35.6 Å². The number of nitrogen functional groups attached to an aromatic ring is 1. The molecule has 0 fully saturated rings. The third kappa shape index (κ3) is 5.30. The first-order valence-electron chi connectivity index (χ1n) is 4.43. The molecular weight excluding hydrogens is 256 g/mol. The van der Waals surface area contributed by atoms with Crippen LogP contribution in [0.15, 0.2) is 12.3 Å². The average molecular weight is 268 g/mol. The molecule has 1 aromatic rings. The molecule has 1 amide bonds. The summed E-state index contributed by atoms with van der Waals surface area (Å²) < 4.78 is 28.4. The van der Waals surface area contributed by atoms with E-state index in [1.165, 1.54) is 19.2 Å². The molecule has 1 rings (SSSR count). The maximum atomic E-state index is 11.9. The minimum Gasteiger partial charge on any atom is -0.484 e. The lowest BCUT2D eigenvalue weighted by molar-refractivity contribution is -0.114. The van der Waals surface area contributed by atoms with Crippen molar-refractivity contribution in [2.75, 3.05) is 17.7 Å². The summed E-state index contributed by atoms with van der Waals surface area (Å²) in [6.07, 6.45) is -1.39. The fourth-order valence-electron chi connectivity index (χ4n) is 0.980. The second-order valence-corrected chi connectivity index (χ2v) is 2.99. The molecule has 8 heteroatoms. The summed E-state index contributed by atoms with van der Waals surface area (Å²) in [4.78, 5) is 14.5. The second kappa shape index (κ2) is 6.85. The zero-order valence-corrected chi connectivity index (χ0v) is 9.76. The first kappa shape index (κ1) is 15.4. The average Bonchev–Trinajstić information content (AvgIpc) is 2.15. The van der Waals surface area contributed by atoms with Crippen molar-refractivity contribution in [3.8, 4) is 5.75 Å². The molecule has 0 spiro atoms. The number of rotatable bonds is 4. The molecule has 0 aromatic carbocycles. The summed E-state index contributed by atoms with van der Waals surface area (Å²) >= 11 is 0. The van der Waals surface area contributed by atoms with Gasteiger partial charge in [-0.15, -0.1) is 12.4 Å². The van der Waals surface area contributed by atoms with E-state index in [0.717, 1.165) is 0 Å². The summed E-state index contributed by atoms with van der Waals surface area (Å²) in [5.74, 6) is 0.0111. The van der Waals surface area contributed by atoms with Crippen molar-refractivity contribution < 1.29 is 18.3 Å². The van der Waals surface area contributed by atoms with Crippen molar-refractivity contribution in [1.82, 2.24) is 4.98 Å². The molecular formula is C9H12ClF2N3O2. The molecule has 1 heterocycles. The summed E-state index contributed by atoms with van der Waals surface area (Å²) in [6, 6.07) is 1.34. The van der Waals surface area contributed by atoms with Gasteiger partial charge in [0.1, 0.15) is 12.4 Å². The van der Waals surface area contributed by atoms with Gasteiger partial charge in [-0.25, -0.2) is 13.8 Å². The van der Waals surface area contributed by atoms with Gasteiger partial charge >= 0.3 is 0 Å². The zero-order chi connectivity index (χ0) is 12.1. The summed E-state index contributed by atoms with van der Waals surface area (Å²) in [5.41, 5.74) is 5.66. The van der Waals surface area contributed by atoms with Crippen LogP contribution in [-0.4, -0.2) is 23.9 Å². The number of ether oxygens (including phenoxy) is 1. The normalized spacial score (nSPS) is 9.65. The number of halogens is 3. The lowest BCUT2D eigenvalue weighted by atomic mass is 10.3. The van der Waals surface area contributed by atoms with Crippen molar-refractivity contribution in [3.05, 3.63) is 12.3 Å². The molecule has 0 aliphatic rings. The van der Waals surface area contributed by atoms with Gasteiger partial charge in [-0.3, -0.25) is 4.79 Å². The minimum absolute atomic E-state index is 0. The number of hydrogen-bond acceptors (Lipinski definition) is 4. The maximum absolute atomic E-state index is 11.9. The number of nitrogens with two attached hydrogens (primary N) is 1. The summed E-state index contributed by atoms with van der Waals surface area (Å²) in [7, 11) is 0. The highest BCUT2D eigenvalue weighted by atomic mass is 35.5. The number of nitrogens with one attached hydrogen (secondary N) is 1. The molecule has 1 aromatic heterocycles. The Labute approximate surface area is 103 Å². The number of amides is 1. The van der Waals surface area contributed by atoms with E-state index in [1.54, 1.807) is 0 Å². The largest absolute Gasteiger partial charge is 0.484 e. The van der Waals surface area contributed by atoms with Crippen LogP contribution in [0.2, 0.25) is 0 Å². The molecule has 17 heavy (non-hydrogen) atoms.